The number of aromatic nitrogens is 2. The van der Waals surface area contributed by atoms with Crippen LogP contribution in [-0.2, 0) is 0 Å². The minimum absolute atomic E-state index is 0.111. The van der Waals surface area contributed by atoms with Gasteiger partial charge in [0.1, 0.15) is 11.5 Å². The molecule has 35 heavy (non-hydrogen) atoms. The van der Waals surface area contributed by atoms with Gasteiger partial charge in [0, 0.05) is 38.1 Å². The SMILES string of the molecule is Cc1cccc([N+](=O)[O-])c1NC(=O)NC[C@H]1CC[C@@H](Nc2nc(N(C)C)c3ccccc3n2)CC1. The van der Waals surface area contributed by atoms with E-state index in [9.17, 15) is 14.9 Å². The first-order valence-electron chi connectivity index (χ1n) is 11.8. The number of rotatable bonds is 7. The molecular formula is C25H31N7O3. The summed E-state index contributed by atoms with van der Waals surface area (Å²) in [6, 6.07) is 12.6. The third-order valence-corrected chi connectivity index (χ3v) is 6.42. The van der Waals surface area contributed by atoms with Crippen molar-refractivity contribution in [1.29, 1.82) is 0 Å². The fraction of sp³-hybridized carbons (Fsp3) is 0.400. The molecule has 1 fully saturated rings. The van der Waals surface area contributed by atoms with Gasteiger partial charge in [-0.1, -0.05) is 24.3 Å². The van der Waals surface area contributed by atoms with Crippen LogP contribution in [0.2, 0.25) is 0 Å². The Morgan fingerprint density at radius 1 is 1.09 bits per heavy atom. The molecule has 0 unspecified atom stereocenters. The van der Waals surface area contributed by atoms with Gasteiger partial charge in [0.25, 0.3) is 5.69 Å². The second kappa shape index (κ2) is 10.5. The summed E-state index contributed by atoms with van der Waals surface area (Å²) in [5, 5.41) is 21.3. The molecule has 4 rings (SSSR count). The molecular weight excluding hydrogens is 446 g/mol. The maximum atomic E-state index is 12.4. The second-order valence-corrected chi connectivity index (χ2v) is 9.21. The molecule has 10 nitrogen and oxygen atoms in total. The van der Waals surface area contributed by atoms with Crippen LogP contribution in [0.3, 0.4) is 0 Å². The lowest BCUT2D eigenvalue weighted by Gasteiger charge is -2.29. The second-order valence-electron chi connectivity index (χ2n) is 9.21. The molecule has 1 aliphatic rings. The molecule has 3 N–H and O–H groups in total. The average molecular weight is 478 g/mol. The molecule has 0 saturated heterocycles. The number of carbonyl (C=O) groups excluding carboxylic acids is 1. The van der Waals surface area contributed by atoms with E-state index in [1.165, 1.54) is 6.07 Å². The fourth-order valence-electron chi connectivity index (χ4n) is 4.52. The Balaban J connectivity index is 1.29. The van der Waals surface area contributed by atoms with Crippen molar-refractivity contribution in [3.05, 3.63) is 58.1 Å². The molecule has 10 heteroatoms. The van der Waals surface area contributed by atoms with Crippen molar-refractivity contribution in [3.63, 3.8) is 0 Å². The first-order valence-corrected chi connectivity index (χ1v) is 11.8. The molecule has 1 heterocycles. The summed E-state index contributed by atoms with van der Waals surface area (Å²) in [6.45, 7) is 2.26. The van der Waals surface area contributed by atoms with Gasteiger partial charge in [-0.2, -0.15) is 4.98 Å². The lowest BCUT2D eigenvalue weighted by atomic mass is 9.86. The lowest BCUT2D eigenvalue weighted by Crippen LogP contribution is -2.36. The van der Waals surface area contributed by atoms with Gasteiger partial charge in [-0.3, -0.25) is 10.1 Å². The monoisotopic (exact) mass is 477 g/mol. The van der Waals surface area contributed by atoms with Crippen LogP contribution in [0.4, 0.5) is 27.9 Å². The standard InChI is InChI=1S/C25H31N7O3/c1-16-7-6-10-21(32(34)35)22(16)29-25(33)26-15-17-11-13-18(14-12-17)27-24-28-20-9-5-4-8-19(20)23(30-24)31(2)3/h4-10,17-18H,11-15H2,1-3H3,(H2,26,29,33)(H,27,28,30)/t17-,18+. The van der Waals surface area contributed by atoms with Crippen molar-refractivity contribution in [2.24, 2.45) is 5.92 Å². The van der Waals surface area contributed by atoms with Crippen molar-refractivity contribution in [1.82, 2.24) is 15.3 Å². The number of urea groups is 1. The van der Waals surface area contributed by atoms with E-state index < -0.39 is 11.0 Å². The Morgan fingerprint density at radius 2 is 1.83 bits per heavy atom. The molecule has 0 spiro atoms. The molecule has 1 aromatic heterocycles. The zero-order valence-corrected chi connectivity index (χ0v) is 20.2. The van der Waals surface area contributed by atoms with Crippen molar-refractivity contribution in [2.75, 3.05) is 36.2 Å². The highest BCUT2D eigenvalue weighted by molar-refractivity contribution is 5.93. The number of nitrogens with zero attached hydrogens (tertiary/aromatic N) is 4. The van der Waals surface area contributed by atoms with Crippen LogP contribution in [-0.4, -0.2) is 47.6 Å². The summed E-state index contributed by atoms with van der Waals surface area (Å²) in [6.07, 6.45) is 3.81. The van der Waals surface area contributed by atoms with E-state index >= 15 is 0 Å². The number of carbonyl (C=O) groups is 1. The van der Waals surface area contributed by atoms with Crippen molar-refractivity contribution < 1.29 is 9.72 Å². The quantitative estimate of drug-likeness (QED) is 0.332. The minimum Gasteiger partial charge on any atom is -0.362 e. The van der Waals surface area contributed by atoms with E-state index in [0.717, 1.165) is 42.4 Å². The third-order valence-electron chi connectivity index (χ3n) is 6.42. The number of nitro groups is 1. The van der Waals surface area contributed by atoms with Gasteiger partial charge in [0.05, 0.1) is 10.4 Å². The predicted octanol–water partition coefficient (Wildman–Crippen LogP) is 4.70. The Labute approximate surface area is 204 Å². The number of hydrogen-bond donors (Lipinski definition) is 3. The lowest BCUT2D eigenvalue weighted by molar-refractivity contribution is -0.383. The average Bonchev–Trinajstić information content (AvgIpc) is 2.84. The fourth-order valence-corrected chi connectivity index (χ4v) is 4.52. The topological polar surface area (TPSA) is 125 Å². The number of amides is 2. The van der Waals surface area contributed by atoms with Gasteiger partial charge in [0.15, 0.2) is 0 Å². The molecule has 0 radical (unpaired) electrons. The number of hydrogen-bond acceptors (Lipinski definition) is 7. The van der Waals surface area contributed by atoms with Gasteiger partial charge in [-0.25, -0.2) is 9.78 Å². The van der Waals surface area contributed by atoms with E-state index in [-0.39, 0.29) is 17.4 Å². The zero-order valence-electron chi connectivity index (χ0n) is 20.2. The summed E-state index contributed by atoms with van der Waals surface area (Å²) < 4.78 is 0. The Hall–Kier alpha value is -3.95. The van der Waals surface area contributed by atoms with E-state index in [2.05, 4.69) is 16.0 Å². The number of nitrogens with one attached hydrogen (secondary N) is 3. The van der Waals surface area contributed by atoms with Crippen LogP contribution in [0.5, 0.6) is 0 Å². The molecule has 0 aliphatic heterocycles. The van der Waals surface area contributed by atoms with Crippen molar-refractivity contribution in [2.45, 2.75) is 38.6 Å². The summed E-state index contributed by atoms with van der Waals surface area (Å²) in [7, 11) is 3.95. The number of aryl methyl sites for hydroxylation is 1. The summed E-state index contributed by atoms with van der Waals surface area (Å²) in [5.74, 6) is 1.87. The van der Waals surface area contributed by atoms with Crippen molar-refractivity contribution in [3.8, 4) is 0 Å². The Kier molecular flexibility index (Phi) is 7.28. The highest BCUT2D eigenvalue weighted by Crippen LogP contribution is 2.29. The van der Waals surface area contributed by atoms with Crippen LogP contribution in [0.25, 0.3) is 10.9 Å². The van der Waals surface area contributed by atoms with E-state index in [0.29, 0.717) is 24.0 Å². The molecule has 2 amide bonds. The molecule has 1 saturated carbocycles. The number of benzene rings is 2. The number of nitro benzene ring substituents is 1. The normalized spacial score (nSPS) is 17.6. The predicted molar refractivity (Wildman–Crippen MR) is 138 cm³/mol. The van der Waals surface area contributed by atoms with Gasteiger partial charge in [-0.15, -0.1) is 0 Å². The van der Waals surface area contributed by atoms with Gasteiger partial charge in [0.2, 0.25) is 5.95 Å². The van der Waals surface area contributed by atoms with E-state index in [1.54, 1.807) is 19.1 Å². The van der Waals surface area contributed by atoms with Crippen LogP contribution >= 0.6 is 0 Å². The summed E-state index contributed by atoms with van der Waals surface area (Å²) >= 11 is 0. The summed E-state index contributed by atoms with van der Waals surface area (Å²) in [5.41, 5.74) is 1.68. The van der Waals surface area contributed by atoms with Crippen LogP contribution in [0.1, 0.15) is 31.2 Å². The van der Waals surface area contributed by atoms with Crippen LogP contribution in [0, 0.1) is 23.0 Å². The largest absolute Gasteiger partial charge is 0.362 e. The maximum Gasteiger partial charge on any atom is 0.319 e. The third kappa shape index (κ3) is 5.76. The minimum atomic E-state index is -0.488. The van der Waals surface area contributed by atoms with E-state index in [4.69, 9.17) is 9.97 Å². The van der Waals surface area contributed by atoms with Crippen LogP contribution in [0.15, 0.2) is 42.5 Å². The number of anilines is 3. The van der Waals surface area contributed by atoms with Gasteiger partial charge in [-0.05, 0) is 56.2 Å². The molecule has 0 bridgehead atoms. The Morgan fingerprint density at radius 3 is 2.54 bits per heavy atom. The summed E-state index contributed by atoms with van der Waals surface area (Å²) in [4.78, 5) is 34.6. The molecule has 1 aliphatic carbocycles. The van der Waals surface area contributed by atoms with E-state index in [1.807, 2.05) is 43.3 Å². The highest BCUT2D eigenvalue weighted by Gasteiger charge is 2.23. The number of fused-ring (bicyclic) bond motifs is 1. The number of para-hydroxylation sites is 2. The first kappa shape index (κ1) is 24.2. The van der Waals surface area contributed by atoms with Crippen molar-refractivity contribution >= 4 is 40.1 Å². The zero-order chi connectivity index (χ0) is 24.9. The molecule has 184 valence electrons. The first-order chi connectivity index (χ1) is 16.8. The Bertz CT molecular complexity index is 1220. The smallest absolute Gasteiger partial charge is 0.319 e. The molecule has 3 aromatic rings. The molecule has 2 aromatic carbocycles. The van der Waals surface area contributed by atoms with Crippen LogP contribution < -0.4 is 20.9 Å². The van der Waals surface area contributed by atoms with Gasteiger partial charge < -0.3 is 20.9 Å². The van der Waals surface area contributed by atoms with Gasteiger partial charge >= 0.3 is 6.03 Å². The highest BCUT2D eigenvalue weighted by atomic mass is 16.6. The maximum absolute atomic E-state index is 12.4. The molecule has 0 atom stereocenters.